The minimum Gasteiger partial charge on any atom is -0.320 e. The first-order valence-corrected chi connectivity index (χ1v) is 10.4. The Kier molecular flexibility index (Phi) is 4.50. The lowest BCUT2D eigenvalue weighted by atomic mass is 10.1. The van der Waals surface area contributed by atoms with Crippen LogP contribution >= 0.6 is 0 Å². The highest BCUT2D eigenvalue weighted by Crippen LogP contribution is 2.18. The third kappa shape index (κ3) is 3.55. The second-order valence-electron chi connectivity index (χ2n) is 7.82. The number of imidazole rings is 1. The van der Waals surface area contributed by atoms with Crippen molar-refractivity contribution in [1.82, 2.24) is 39.3 Å². The van der Waals surface area contributed by atoms with Gasteiger partial charge in [0, 0.05) is 6.54 Å². The van der Waals surface area contributed by atoms with E-state index in [0.717, 1.165) is 16.8 Å². The SMILES string of the molecule is O=c1ncn(Cc2ccc(-n3cnnn3)cc2)c2ncn(Cc3ccc4ccccc4c3)c12. The molecule has 0 spiro atoms. The first-order valence-electron chi connectivity index (χ1n) is 10.4. The summed E-state index contributed by atoms with van der Waals surface area (Å²) in [5, 5.41) is 13.6. The molecular formula is C24H18N8O. The van der Waals surface area contributed by atoms with Crippen molar-refractivity contribution in [3.05, 3.63) is 107 Å². The summed E-state index contributed by atoms with van der Waals surface area (Å²) in [5.74, 6) is 0. The molecule has 0 aliphatic carbocycles. The van der Waals surface area contributed by atoms with Crippen molar-refractivity contribution < 1.29 is 0 Å². The normalized spacial score (nSPS) is 11.4. The highest BCUT2D eigenvalue weighted by Gasteiger charge is 2.12. The Morgan fingerprint density at radius 1 is 0.727 bits per heavy atom. The Hall–Kier alpha value is -4.66. The summed E-state index contributed by atoms with van der Waals surface area (Å²) in [4.78, 5) is 21.3. The molecule has 9 heteroatoms. The van der Waals surface area contributed by atoms with E-state index in [-0.39, 0.29) is 5.56 Å². The molecule has 0 radical (unpaired) electrons. The average molecular weight is 434 g/mol. The number of benzene rings is 3. The number of nitrogens with zero attached hydrogens (tertiary/aromatic N) is 8. The van der Waals surface area contributed by atoms with Crippen LogP contribution in [-0.2, 0) is 13.1 Å². The lowest BCUT2D eigenvalue weighted by molar-refractivity contribution is 0.776. The summed E-state index contributed by atoms with van der Waals surface area (Å²) in [7, 11) is 0. The molecule has 0 fully saturated rings. The Labute approximate surface area is 187 Å². The molecular weight excluding hydrogens is 416 g/mol. The molecule has 33 heavy (non-hydrogen) atoms. The van der Waals surface area contributed by atoms with Crippen molar-refractivity contribution in [2.45, 2.75) is 13.1 Å². The maximum absolute atomic E-state index is 12.6. The molecule has 3 aromatic heterocycles. The van der Waals surface area contributed by atoms with Crippen LogP contribution in [0.15, 0.2) is 90.5 Å². The Balaban J connectivity index is 1.32. The van der Waals surface area contributed by atoms with Gasteiger partial charge in [0.1, 0.15) is 12.7 Å². The molecule has 0 unspecified atom stereocenters. The molecule has 0 aliphatic rings. The first kappa shape index (κ1) is 19.1. The van der Waals surface area contributed by atoms with Gasteiger partial charge in [0.15, 0.2) is 11.2 Å². The van der Waals surface area contributed by atoms with Crippen LogP contribution in [0.2, 0.25) is 0 Å². The molecule has 9 nitrogen and oxygen atoms in total. The van der Waals surface area contributed by atoms with Crippen LogP contribution in [-0.4, -0.2) is 39.3 Å². The quantitative estimate of drug-likeness (QED) is 0.414. The molecule has 0 saturated heterocycles. The molecule has 3 aromatic carbocycles. The predicted molar refractivity (Wildman–Crippen MR) is 123 cm³/mol. The number of rotatable bonds is 5. The Bertz CT molecular complexity index is 1630. The zero-order chi connectivity index (χ0) is 22.2. The van der Waals surface area contributed by atoms with E-state index in [2.05, 4.69) is 55.8 Å². The van der Waals surface area contributed by atoms with Crippen molar-refractivity contribution in [2.75, 3.05) is 0 Å². The van der Waals surface area contributed by atoms with Crippen LogP contribution < -0.4 is 5.56 Å². The largest absolute Gasteiger partial charge is 0.320 e. The summed E-state index contributed by atoms with van der Waals surface area (Å²) in [6.45, 7) is 1.08. The lowest BCUT2D eigenvalue weighted by Gasteiger charge is -2.09. The molecule has 0 saturated carbocycles. The molecule has 0 atom stereocenters. The van der Waals surface area contributed by atoms with Gasteiger partial charge in [0.05, 0.1) is 18.6 Å². The predicted octanol–water partition coefficient (Wildman–Crippen LogP) is 2.82. The van der Waals surface area contributed by atoms with E-state index in [4.69, 9.17) is 0 Å². The van der Waals surface area contributed by atoms with Gasteiger partial charge < -0.3 is 9.13 Å². The minimum absolute atomic E-state index is 0.284. The Morgan fingerprint density at radius 2 is 1.48 bits per heavy atom. The monoisotopic (exact) mass is 434 g/mol. The van der Waals surface area contributed by atoms with Crippen LogP contribution in [0.3, 0.4) is 0 Å². The molecule has 6 aromatic rings. The Morgan fingerprint density at radius 3 is 2.30 bits per heavy atom. The van der Waals surface area contributed by atoms with E-state index >= 15 is 0 Å². The summed E-state index contributed by atoms with van der Waals surface area (Å²) in [6.07, 6.45) is 4.81. The standard InChI is InChI=1S/C24H18N8O/c33-24-22-23(25-14-30(22)13-18-5-8-19-3-1-2-4-20(19)11-18)31(15-26-24)12-17-6-9-21(10-7-17)32-16-27-28-29-32/h1-11,14-16H,12-13H2. The maximum Gasteiger partial charge on any atom is 0.298 e. The minimum atomic E-state index is -0.284. The summed E-state index contributed by atoms with van der Waals surface area (Å²) < 4.78 is 5.35. The summed E-state index contributed by atoms with van der Waals surface area (Å²) in [6, 6.07) is 22.4. The second-order valence-corrected chi connectivity index (χ2v) is 7.82. The molecule has 3 heterocycles. The van der Waals surface area contributed by atoms with Gasteiger partial charge in [-0.15, -0.1) is 5.10 Å². The molecule has 0 N–H and O–H groups in total. The first-order chi connectivity index (χ1) is 16.2. The number of hydrogen-bond donors (Lipinski definition) is 0. The van der Waals surface area contributed by atoms with E-state index < -0.39 is 0 Å². The van der Waals surface area contributed by atoms with Crippen molar-refractivity contribution >= 4 is 21.9 Å². The molecule has 0 bridgehead atoms. The van der Waals surface area contributed by atoms with E-state index in [1.807, 2.05) is 45.5 Å². The van der Waals surface area contributed by atoms with Gasteiger partial charge in [-0.1, -0.05) is 48.5 Å². The smallest absolute Gasteiger partial charge is 0.298 e. The zero-order valence-electron chi connectivity index (χ0n) is 17.5. The topological polar surface area (TPSA) is 96.3 Å². The number of hydrogen-bond acceptors (Lipinski definition) is 6. The lowest BCUT2D eigenvalue weighted by Crippen LogP contribution is -2.16. The van der Waals surface area contributed by atoms with Crippen molar-refractivity contribution in [3.63, 3.8) is 0 Å². The fourth-order valence-electron chi connectivity index (χ4n) is 4.04. The maximum atomic E-state index is 12.6. The van der Waals surface area contributed by atoms with Crippen LogP contribution in [0, 0.1) is 0 Å². The highest BCUT2D eigenvalue weighted by atomic mass is 16.1. The van der Waals surface area contributed by atoms with Gasteiger partial charge in [-0.05, 0) is 50.5 Å². The van der Waals surface area contributed by atoms with E-state index in [0.29, 0.717) is 24.3 Å². The zero-order valence-corrected chi connectivity index (χ0v) is 17.5. The second kappa shape index (κ2) is 7.79. The fraction of sp³-hybridized carbons (Fsp3) is 0.0833. The van der Waals surface area contributed by atoms with Crippen LogP contribution in [0.4, 0.5) is 0 Å². The highest BCUT2D eigenvalue weighted by molar-refractivity contribution is 5.83. The van der Waals surface area contributed by atoms with E-state index in [1.54, 1.807) is 23.7 Å². The summed E-state index contributed by atoms with van der Waals surface area (Å²) >= 11 is 0. The van der Waals surface area contributed by atoms with Crippen LogP contribution in [0.5, 0.6) is 0 Å². The van der Waals surface area contributed by atoms with Gasteiger partial charge in [-0.25, -0.2) is 9.67 Å². The number of aromatic nitrogens is 8. The van der Waals surface area contributed by atoms with Gasteiger partial charge in [-0.2, -0.15) is 4.98 Å². The van der Waals surface area contributed by atoms with Gasteiger partial charge >= 0.3 is 0 Å². The van der Waals surface area contributed by atoms with Gasteiger partial charge in [0.2, 0.25) is 0 Å². The van der Waals surface area contributed by atoms with Gasteiger partial charge in [0.25, 0.3) is 5.56 Å². The molecule has 6 rings (SSSR count). The van der Waals surface area contributed by atoms with Crippen molar-refractivity contribution in [3.8, 4) is 5.69 Å². The van der Waals surface area contributed by atoms with E-state index in [9.17, 15) is 4.79 Å². The molecule has 0 amide bonds. The third-order valence-electron chi connectivity index (χ3n) is 5.68. The number of tetrazole rings is 1. The number of fused-ring (bicyclic) bond motifs is 2. The summed E-state index contributed by atoms with van der Waals surface area (Å²) in [5.41, 5.74) is 3.83. The van der Waals surface area contributed by atoms with Gasteiger partial charge in [-0.3, -0.25) is 4.79 Å². The third-order valence-corrected chi connectivity index (χ3v) is 5.68. The average Bonchev–Trinajstić information content (AvgIpc) is 3.53. The van der Waals surface area contributed by atoms with Crippen LogP contribution in [0.1, 0.15) is 11.1 Å². The molecule has 160 valence electrons. The fourth-order valence-corrected chi connectivity index (χ4v) is 4.04. The van der Waals surface area contributed by atoms with Crippen molar-refractivity contribution in [2.24, 2.45) is 0 Å². The van der Waals surface area contributed by atoms with Crippen molar-refractivity contribution in [1.29, 1.82) is 0 Å². The van der Waals surface area contributed by atoms with E-state index in [1.165, 1.54) is 10.8 Å². The molecule has 0 aliphatic heterocycles. The van der Waals surface area contributed by atoms with Crippen LogP contribution in [0.25, 0.3) is 27.6 Å².